The number of hydrogen-bond donors (Lipinski definition) is 1. The maximum Gasteiger partial charge on any atom is 0.242 e. The molecule has 118 valence electrons. The van der Waals surface area contributed by atoms with Gasteiger partial charge in [0.25, 0.3) is 0 Å². The van der Waals surface area contributed by atoms with Crippen LogP contribution in [0.2, 0.25) is 0 Å². The highest BCUT2D eigenvalue weighted by Crippen LogP contribution is 2.32. The average molecular weight is 304 g/mol. The van der Waals surface area contributed by atoms with Gasteiger partial charge in [-0.05, 0) is 37.0 Å². The second-order valence-electron chi connectivity index (χ2n) is 5.60. The number of ether oxygens (including phenoxy) is 2. The van der Waals surface area contributed by atoms with Gasteiger partial charge in [-0.3, -0.25) is 9.59 Å². The molecule has 0 radical (unpaired) electrons. The lowest BCUT2D eigenvalue weighted by molar-refractivity contribution is -0.136. The molecule has 0 spiro atoms. The molecule has 6 heteroatoms. The quantitative estimate of drug-likeness (QED) is 0.904. The third-order valence-corrected chi connectivity index (χ3v) is 4.11. The molecule has 1 saturated heterocycles. The SMILES string of the molecule is CC(=O)N1CCCC1C(=O)NCCc1ccc2c(c1)OCO2. The average Bonchev–Trinajstić information content (AvgIpc) is 3.15. The normalized spacial score (nSPS) is 19.3. The topological polar surface area (TPSA) is 67.9 Å². The molecule has 1 fully saturated rings. The van der Waals surface area contributed by atoms with Crippen LogP contribution < -0.4 is 14.8 Å². The Morgan fingerprint density at radius 2 is 2.14 bits per heavy atom. The van der Waals surface area contributed by atoms with E-state index in [0.717, 1.165) is 36.3 Å². The van der Waals surface area contributed by atoms with Gasteiger partial charge in [0.2, 0.25) is 18.6 Å². The fraction of sp³-hybridized carbons (Fsp3) is 0.500. The van der Waals surface area contributed by atoms with Crippen LogP contribution in [-0.4, -0.2) is 42.6 Å². The van der Waals surface area contributed by atoms with E-state index in [-0.39, 0.29) is 24.6 Å². The summed E-state index contributed by atoms with van der Waals surface area (Å²) < 4.78 is 10.6. The number of amides is 2. The summed E-state index contributed by atoms with van der Waals surface area (Å²) in [5.74, 6) is 1.42. The molecule has 2 aliphatic heterocycles. The summed E-state index contributed by atoms with van der Waals surface area (Å²) in [7, 11) is 0. The van der Waals surface area contributed by atoms with Gasteiger partial charge in [-0.25, -0.2) is 0 Å². The molecule has 0 saturated carbocycles. The number of hydrogen-bond acceptors (Lipinski definition) is 4. The first-order chi connectivity index (χ1) is 10.6. The van der Waals surface area contributed by atoms with E-state index in [2.05, 4.69) is 5.32 Å². The zero-order valence-electron chi connectivity index (χ0n) is 12.6. The number of likely N-dealkylation sites (tertiary alicyclic amines) is 1. The molecule has 1 atom stereocenters. The second-order valence-corrected chi connectivity index (χ2v) is 5.60. The van der Waals surface area contributed by atoms with E-state index >= 15 is 0 Å². The Morgan fingerprint density at radius 3 is 2.95 bits per heavy atom. The van der Waals surface area contributed by atoms with Crippen LogP contribution in [0.15, 0.2) is 18.2 Å². The van der Waals surface area contributed by atoms with Gasteiger partial charge < -0.3 is 19.7 Å². The van der Waals surface area contributed by atoms with Crippen LogP contribution in [0.25, 0.3) is 0 Å². The zero-order valence-corrected chi connectivity index (χ0v) is 12.6. The Balaban J connectivity index is 1.50. The van der Waals surface area contributed by atoms with E-state index in [0.29, 0.717) is 13.1 Å². The number of carbonyl (C=O) groups excluding carboxylic acids is 2. The standard InChI is InChI=1S/C16H20N2O4/c1-11(19)18-8-2-3-13(18)16(20)17-7-6-12-4-5-14-15(9-12)22-10-21-14/h4-5,9,13H,2-3,6-8,10H2,1H3,(H,17,20). The van der Waals surface area contributed by atoms with E-state index in [1.807, 2.05) is 18.2 Å². The molecule has 22 heavy (non-hydrogen) atoms. The Bertz CT molecular complexity index is 588. The highest BCUT2D eigenvalue weighted by molar-refractivity contribution is 5.87. The number of nitrogens with one attached hydrogen (secondary N) is 1. The fourth-order valence-electron chi connectivity index (χ4n) is 2.96. The van der Waals surface area contributed by atoms with Crippen molar-refractivity contribution in [1.29, 1.82) is 0 Å². The van der Waals surface area contributed by atoms with Crippen molar-refractivity contribution in [3.63, 3.8) is 0 Å². The number of nitrogens with zero attached hydrogens (tertiary/aromatic N) is 1. The summed E-state index contributed by atoms with van der Waals surface area (Å²) >= 11 is 0. The second kappa shape index (κ2) is 6.25. The maximum atomic E-state index is 12.2. The van der Waals surface area contributed by atoms with Gasteiger partial charge in [0.15, 0.2) is 11.5 Å². The van der Waals surface area contributed by atoms with Crippen LogP contribution in [0.3, 0.4) is 0 Å². The van der Waals surface area contributed by atoms with Crippen LogP contribution in [-0.2, 0) is 16.0 Å². The predicted octanol–water partition coefficient (Wildman–Crippen LogP) is 1.08. The summed E-state index contributed by atoms with van der Waals surface area (Å²) in [5, 5.41) is 2.92. The van der Waals surface area contributed by atoms with E-state index < -0.39 is 0 Å². The minimum absolute atomic E-state index is 0.0339. The molecule has 6 nitrogen and oxygen atoms in total. The largest absolute Gasteiger partial charge is 0.454 e. The first-order valence-corrected chi connectivity index (χ1v) is 7.58. The molecule has 2 heterocycles. The Morgan fingerprint density at radius 1 is 1.32 bits per heavy atom. The summed E-state index contributed by atoms with van der Waals surface area (Å²) in [6.07, 6.45) is 2.35. The van der Waals surface area contributed by atoms with Gasteiger partial charge in [0.05, 0.1) is 0 Å². The van der Waals surface area contributed by atoms with E-state index in [4.69, 9.17) is 9.47 Å². The van der Waals surface area contributed by atoms with Crippen LogP contribution in [0.4, 0.5) is 0 Å². The first-order valence-electron chi connectivity index (χ1n) is 7.58. The molecule has 1 aromatic carbocycles. The first kappa shape index (κ1) is 14.7. The van der Waals surface area contributed by atoms with Crippen LogP contribution in [0.1, 0.15) is 25.3 Å². The molecule has 0 bridgehead atoms. The molecule has 0 aromatic heterocycles. The fourth-order valence-corrected chi connectivity index (χ4v) is 2.96. The predicted molar refractivity (Wildman–Crippen MR) is 79.7 cm³/mol. The monoisotopic (exact) mass is 304 g/mol. The lowest BCUT2D eigenvalue weighted by atomic mass is 10.1. The highest BCUT2D eigenvalue weighted by atomic mass is 16.7. The third kappa shape index (κ3) is 3.00. The smallest absolute Gasteiger partial charge is 0.242 e. The van der Waals surface area contributed by atoms with E-state index in [1.54, 1.807) is 4.90 Å². The van der Waals surface area contributed by atoms with Gasteiger partial charge in [-0.15, -0.1) is 0 Å². The van der Waals surface area contributed by atoms with Crippen molar-refractivity contribution in [2.45, 2.75) is 32.2 Å². The van der Waals surface area contributed by atoms with Gasteiger partial charge in [0.1, 0.15) is 6.04 Å². The van der Waals surface area contributed by atoms with Crippen LogP contribution >= 0.6 is 0 Å². The molecule has 1 unspecified atom stereocenters. The van der Waals surface area contributed by atoms with Crippen molar-refractivity contribution in [3.8, 4) is 11.5 Å². The highest BCUT2D eigenvalue weighted by Gasteiger charge is 2.31. The number of carbonyl (C=O) groups is 2. The third-order valence-electron chi connectivity index (χ3n) is 4.11. The van der Waals surface area contributed by atoms with Gasteiger partial charge in [-0.1, -0.05) is 6.07 Å². The van der Waals surface area contributed by atoms with Crippen LogP contribution in [0.5, 0.6) is 11.5 Å². The van der Waals surface area contributed by atoms with Crippen molar-refractivity contribution in [2.24, 2.45) is 0 Å². The molecular formula is C16H20N2O4. The van der Waals surface area contributed by atoms with Crippen molar-refractivity contribution in [1.82, 2.24) is 10.2 Å². The van der Waals surface area contributed by atoms with E-state index in [9.17, 15) is 9.59 Å². The van der Waals surface area contributed by atoms with Gasteiger partial charge in [-0.2, -0.15) is 0 Å². The number of fused-ring (bicyclic) bond motifs is 1. The molecule has 0 aliphatic carbocycles. The maximum absolute atomic E-state index is 12.2. The number of benzene rings is 1. The van der Waals surface area contributed by atoms with Crippen molar-refractivity contribution >= 4 is 11.8 Å². The van der Waals surface area contributed by atoms with Crippen molar-refractivity contribution in [3.05, 3.63) is 23.8 Å². The minimum atomic E-state index is -0.311. The zero-order chi connectivity index (χ0) is 15.5. The summed E-state index contributed by atoms with van der Waals surface area (Å²) in [6.45, 7) is 2.99. The van der Waals surface area contributed by atoms with Gasteiger partial charge >= 0.3 is 0 Å². The molecule has 1 aromatic rings. The van der Waals surface area contributed by atoms with Crippen LogP contribution in [0, 0.1) is 0 Å². The molecule has 1 N–H and O–H groups in total. The van der Waals surface area contributed by atoms with Crippen molar-refractivity contribution in [2.75, 3.05) is 19.9 Å². The lowest BCUT2D eigenvalue weighted by Gasteiger charge is -2.22. The summed E-state index contributed by atoms with van der Waals surface area (Å²) in [4.78, 5) is 25.3. The molecule has 2 aliphatic rings. The summed E-state index contributed by atoms with van der Waals surface area (Å²) in [6, 6.07) is 5.48. The summed E-state index contributed by atoms with van der Waals surface area (Å²) in [5.41, 5.74) is 1.08. The number of rotatable bonds is 4. The van der Waals surface area contributed by atoms with Crippen molar-refractivity contribution < 1.29 is 19.1 Å². The Kier molecular flexibility index (Phi) is 4.18. The molecule has 2 amide bonds. The molecular weight excluding hydrogens is 284 g/mol. The Labute approximate surface area is 129 Å². The van der Waals surface area contributed by atoms with Gasteiger partial charge in [0, 0.05) is 20.0 Å². The lowest BCUT2D eigenvalue weighted by Crippen LogP contribution is -2.45. The minimum Gasteiger partial charge on any atom is -0.454 e. The Hall–Kier alpha value is -2.24. The molecule has 3 rings (SSSR count). The van der Waals surface area contributed by atoms with E-state index in [1.165, 1.54) is 6.92 Å².